The fourth-order valence-electron chi connectivity index (χ4n) is 2.63. The van der Waals surface area contributed by atoms with Crippen molar-refractivity contribution in [3.05, 3.63) is 0 Å². The predicted molar refractivity (Wildman–Crippen MR) is 88.8 cm³/mol. The summed E-state index contributed by atoms with van der Waals surface area (Å²) in [5.41, 5.74) is -0.860. The number of nitrogens with zero attached hydrogens (tertiary/aromatic N) is 2. The molecule has 0 amide bonds. The molecule has 0 saturated carbocycles. The van der Waals surface area contributed by atoms with E-state index in [0.717, 1.165) is 19.6 Å². The van der Waals surface area contributed by atoms with Crippen molar-refractivity contribution in [2.24, 2.45) is 5.92 Å². The number of aliphatic carboxylic acids is 1. The van der Waals surface area contributed by atoms with E-state index in [1.807, 2.05) is 6.92 Å². The first-order valence-corrected chi connectivity index (χ1v) is 7.99. The number of carboxylic acid groups (broad SMARTS) is 1. The number of rotatable bonds is 11. The molecule has 2 N–H and O–H groups in total. The molecule has 0 rings (SSSR count). The molecule has 5 nitrogen and oxygen atoms in total. The third kappa shape index (κ3) is 7.79. The van der Waals surface area contributed by atoms with Crippen LogP contribution in [0.4, 0.5) is 0 Å². The van der Waals surface area contributed by atoms with Gasteiger partial charge in [-0.05, 0) is 46.8 Å². The first-order valence-electron chi connectivity index (χ1n) is 7.99. The molecule has 0 spiro atoms. The molecule has 0 aliphatic heterocycles. The number of hydrogen-bond acceptors (Lipinski definition) is 4. The molecule has 5 heteroatoms. The van der Waals surface area contributed by atoms with Gasteiger partial charge in [0.25, 0.3) is 0 Å². The van der Waals surface area contributed by atoms with Crippen molar-refractivity contribution in [3.8, 4) is 0 Å². The number of hydrogen-bond donors (Lipinski definition) is 2. The summed E-state index contributed by atoms with van der Waals surface area (Å²) in [7, 11) is 4.14. The van der Waals surface area contributed by atoms with Crippen LogP contribution in [-0.2, 0) is 4.79 Å². The van der Waals surface area contributed by atoms with Gasteiger partial charge in [-0.2, -0.15) is 0 Å². The molecule has 21 heavy (non-hydrogen) atoms. The molecule has 0 aromatic heterocycles. The van der Waals surface area contributed by atoms with E-state index in [-0.39, 0.29) is 6.04 Å². The molecule has 0 radical (unpaired) electrons. The summed E-state index contributed by atoms with van der Waals surface area (Å²) in [5.74, 6) is -0.196. The molecule has 2 unspecified atom stereocenters. The van der Waals surface area contributed by atoms with Crippen LogP contribution >= 0.6 is 0 Å². The van der Waals surface area contributed by atoms with Gasteiger partial charge in [-0.15, -0.1) is 0 Å². The highest BCUT2D eigenvalue weighted by atomic mass is 16.4. The van der Waals surface area contributed by atoms with Crippen LogP contribution < -0.4 is 5.32 Å². The van der Waals surface area contributed by atoms with Crippen LogP contribution in [0.2, 0.25) is 0 Å². The average Bonchev–Trinajstić information content (AvgIpc) is 2.33. The minimum atomic E-state index is -0.860. The minimum absolute atomic E-state index is 0.229. The molecule has 0 heterocycles. The second kappa shape index (κ2) is 9.38. The zero-order valence-electron chi connectivity index (χ0n) is 14.9. The van der Waals surface area contributed by atoms with Crippen molar-refractivity contribution in [2.45, 2.75) is 52.6 Å². The van der Waals surface area contributed by atoms with Gasteiger partial charge < -0.3 is 15.3 Å². The van der Waals surface area contributed by atoms with Gasteiger partial charge in [0.05, 0.1) is 0 Å². The van der Waals surface area contributed by atoms with Gasteiger partial charge in [0.15, 0.2) is 0 Å². The maximum atomic E-state index is 11.6. The van der Waals surface area contributed by atoms with Gasteiger partial charge in [0, 0.05) is 25.7 Å². The maximum absolute atomic E-state index is 11.6. The van der Waals surface area contributed by atoms with Crippen LogP contribution in [0.5, 0.6) is 0 Å². The Balaban J connectivity index is 4.83. The van der Waals surface area contributed by atoms with Crippen molar-refractivity contribution < 1.29 is 9.90 Å². The summed E-state index contributed by atoms with van der Waals surface area (Å²) in [4.78, 5) is 16.1. The molecule has 0 aromatic rings. The molecule has 0 aliphatic carbocycles. The summed E-state index contributed by atoms with van der Waals surface area (Å²) in [6, 6.07) is 0.229. The average molecular weight is 301 g/mol. The van der Waals surface area contributed by atoms with Crippen LogP contribution in [0.1, 0.15) is 41.0 Å². The molecule has 126 valence electrons. The highest BCUT2D eigenvalue weighted by Crippen LogP contribution is 2.18. The summed E-state index contributed by atoms with van der Waals surface area (Å²) < 4.78 is 0. The van der Waals surface area contributed by atoms with Gasteiger partial charge in [-0.25, -0.2) is 0 Å². The zero-order valence-corrected chi connectivity index (χ0v) is 14.9. The molecule has 2 atom stereocenters. The van der Waals surface area contributed by atoms with Crippen LogP contribution in [0, 0.1) is 5.92 Å². The summed E-state index contributed by atoms with van der Waals surface area (Å²) in [6.45, 7) is 13.9. The Morgan fingerprint density at radius 2 is 1.81 bits per heavy atom. The van der Waals surface area contributed by atoms with Gasteiger partial charge in [0.1, 0.15) is 5.54 Å². The summed E-state index contributed by atoms with van der Waals surface area (Å²) in [6.07, 6.45) is 0.607. The van der Waals surface area contributed by atoms with E-state index < -0.39 is 11.5 Å². The lowest BCUT2D eigenvalue weighted by atomic mass is 9.92. The van der Waals surface area contributed by atoms with Crippen LogP contribution in [0.3, 0.4) is 0 Å². The van der Waals surface area contributed by atoms with E-state index in [2.05, 4.69) is 50.0 Å². The Morgan fingerprint density at radius 3 is 2.19 bits per heavy atom. The third-order valence-electron chi connectivity index (χ3n) is 3.80. The Bertz CT molecular complexity index is 308. The predicted octanol–water partition coefficient (Wildman–Crippen LogP) is 1.74. The fourth-order valence-corrected chi connectivity index (χ4v) is 2.63. The zero-order chi connectivity index (χ0) is 16.6. The molecule has 0 bridgehead atoms. The maximum Gasteiger partial charge on any atom is 0.323 e. The quantitative estimate of drug-likeness (QED) is 0.609. The van der Waals surface area contributed by atoms with Crippen molar-refractivity contribution in [1.29, 1.82) is 0 Å². The molecular formula is C16H35N3O2. The first-order chi connectivity index (χ1) is 9.62. The number of carbonyl (C=O) groups is 1. The van der Waals surface area contributed by atoms with Crippen molar-refractivity contribution in [1.82, 2.24) is 15.1 Å². The molecule has 0 aromatic carbocycles. The van der Waals surface area contributed by atoms with E-state index in [4.69, 9.17) is 0 Å². The van der Waals surface area contributed by atoms with E-state index in [1.54, 1.807) is 6.92 Å². The lowest BCUT2D eigenvalue weighted by molar-refractivity contribution is -0.145. The van der Waals surface area contributed by atoms with Crippen molar-refractivity contribution in [3.63, 3.8) is 0 Å². The monoisotopic (exact) mass is 301 g/mol. The largest absolute Gasteiger partial charge is 0.480 e. The second-order valence-corrected chi connectivity index (χ2v) is 6.91. The topological polar surface area (TPSA) is 55.8 Å². The second-order valence-electron chi connectivity index (χ2n) is 6.91. The Kier molecular flexibility index (Phi) is 9.09. The molecule has 0 fully saturated rings. The number of carboxylic acids is 1. The van der Waals surface area contributed by atoms with E-state index in [9.17, 15) is 9.90 Å². The van der Waals surface area contributed by atoms with Gasteiger partial charge >= 0.3 is 5.97 Å². The normalized spacial score (nSPS) is 16.5. The summed E-state index contributed by atoms with van der Waals surface area (Å²) in [5, 5.41) is 12.6. The lowest BCUT2D eigenvalue weighted by Gasteiger charge is -2.36. The van der Waals surface area contributed by atoms with Crippen molar-refractivity contribution >= 4 is 5.97 Å². The lowest BCUT2D eigenvalue weighted by Crippen LogP contribution is -2.54. The summed E-state index contributed by atoms with van der Waals surface area (Å²) >= 11 is 0. The number of likely N-dealkylation sites (N-methyl/N-ethyl adjacent to an activating group) is 2. The van der Waals surface area contributed by atoms with Crippen LogP contribution in [0.25, 0.3) is 0 Å². The van der Waals surface area contributed by atoms with E-state index >= 15 is 0 Å². The van der Waals surface area contributed by atoms with Crippen LogP contribution in [0.15, 0.2) is 0 Å². The standard InChI is InChI=1S/C16H35N3O2/c1-8-17-16(5,15(20)21)11-14(4)19(12-13(2)3)10-9-18(6)7/h13-14,17H,8-12H2,1-7H3,(H,20,21). The van der Waals surface area contributed by atoms with Gasteiger partial charge in [0.2, 0.25) is 0 Å². The Hall–Kier alpha value is -0.650. The van der Waals surface area contributed by atoms with Crippen LogP contribution in [-0.4, -0.2) is 72.7 Å². The molecule has 0 aliphatic rings. The molecule has 0 saturated heterocycles. The SMILES string of the molecule is CCNC(C)(CC(C)N(CCN(C)C)CC(C)C)C(=O)O. The number of nitrogens with one attached hydrogen (secondary N) is 1. The first kappa shape index (κ1) is 20.3. The Morgan fingerprint density at radius 1 is 1.24 bits per heavy atom. The minimum Gasteiger partial charge on any atom is -0.480 e. The highest BCUT2D eigenvalue weighted by molar-refractivity contribution is 5.78. The van der Waals surface area contributed by atoms with Gasteiger partial charge in [-0.3, -0.25) is 9.69 Å². The van der Waals surface area contributed by atoms with E-state index in [1.165, 1.54) is 0 Å². The van der Waals surface area contributed by atoms with Crippen molar-refractivity contribution in [2.75, 3.05) is 40.3 Å². The van der Waals surface area contributed by atoms with Gasteiger partial charge in [-0.1, -0.05) is 20.8 Å². The third-order valence-corrected chi connectivity index (χ3v) is 3.80. The highest BCUT2D eigenvalue weighted by Gasteiger charge is 2.35. The smallest absolute Gasteiger partial charge is 0.323 e. The fraction of sp³-hybridized carbons (Fsp3) is 0.938. The molecular weight excluding hydrogens is 266 g/mol. The van der Waals surface area contributed by atoms with E-state index in [0.29, 0.717) is 18.9 Å². The Labute approximate surface area is 130 Å².